The van der Waals surface area contributed by atoms with Gasteiger partial charge in [-0.2, -0.15) is 0 Å². The summed E-state index contributed by atoms with van der Waals surface area (Å²) in [6.45, 7) is 6.53. The highest BCUT2D eigenvalue weighted by Crippen LogP contribution is 2.17. The highest BCUT2D eigenvalue weighted by molar-refractivity contribution is 5.71. The minimum atomic E-state index is -0.782. The number of allylic oxidation sites excluding steroid dienone is 8. The van der Waals surface area contributed by atoms with Gasteiger partial charge in [0, 0.05) is 19.3 Å². The molecule has 0 fully saturated rings. The van der Waals surface area contributed by atoms with Crippen LogP contribution in [-0.2, 0) is 28.6 Å². The van der Waals surface area contributed by atoms with Crippen LogP contribution < -0.4 is 0 Å². The standard InChI is InChI=1S/C62H112O6/c1-4-7-10-13-16-19-22-24-26-28-29-30-31-32-33-35-36-38-40-43-46-49-52-55-61(64)67-58-59(57-66-60(63)54-51-48-45-42-21-18-15-12-9-6-3)68-62(65)56-53-50-47-44-41-39-37-34-27-25-23-20-17-14-11-8-5-2/h8,11,17,20,25,27,37,39,59H,4-7,9-10,12-16,18-19,21-24,26,28-36,38,40-58H2,1-3H3/b11-8-,20-17-,27-25-,39-37-. The molecule has 0 aromatic rings. The fraction of sp³-hybridized carbons (Fsp3) is 0.823. The number of carbonyl (C=O) groups excluding carboxylic acids is 3. The third-order valence-electron chi connectivity index (χ3n) is 13.1. The summed E-state index contributed by atoms with van der Waals surface area (Å²) >= 11 is 0. The average Bonchev–Trinajstić information content (AvgIpc) is 3.34. The Balaban J connectivity index is 4.25. The highest BCUT2D eigenvalue weighted by Gasteiger charge is 2.19. The maximum atomic E-state index is 12.8. The summed E-state index contributed by atoms with van der Waals surface area (Å²) in [7, 11) is 0. The Hall–Kier alpha value is -2.63. The second-order valence-electron chi connectivity index (χ2n) is 19.9. The quantitative estimate of drug-likeness (QED) is 0.0262. The summed E-state index contributed by atoms with van der Waals surface area (Å²) in [4.78, 5) is 38.1. The van der Waals surface area contributed by atoms with Crippen molar-refractivity contribution in [1.82, 2.24) is 0 Å². The highest BCUT2D eigenvalue weighted by atomic mass is 16.6. The molecule has 0 N–H and O–H groups in total. The SMILES string of the molecule is CC/C=C\C/C=C\C/C=C\C/C=C\CCCCCCC(=O)OC(COC(=O)CCCCCCCCCCCC)COC(=O)CCCCCCCCCCCCCCCCCCCCCCCCC. The van der Waals surface area contributed by atoms with Crippen LogP contribution in [0.25, 0.3) is 0 Å². The van der Waals surface area contributed by atoms with E-state index in [-0.39, 0.29) is 31.1 Å². The summed E-state index contributed by atoms with van der Waals surface area (Å²) in [5.74, 6) is -0.889. The van der Waals surface area contributed by atoms with Gasteiger partial charge in [0.15, 0.2) is 6.10 Å². The number of hydrogen-bond acceptors (Lipinski definition) is 6. The van der Waals surface area contributed by atoms with E-state index in [0.29, 0.717) is 19.3 Å². The van der Waals surface area contributed by atoms with Crippen molar-refractivity contribution in [2.24, 2.45) is 0 Å². The predicted molar refractivity (Wildman–Crippen MR) is 293 cm³/mol. The number of ether oxygens (including phenoxy) is 3. The molecule has 0 aliphatic heterocycles. The van der Waals surface area contributed by atoms with Crippen LogP contribution in [0.15, 0.2) is 48.6 Å². The molecule has 68 heavy (non-hydrogen) atoms. The van der Waals surface area contributed by atoms with Gasteiger partial charge in [-0.05, 0) is 57.8 Å². The van der Waals surface area contributed by atoms with Crippen molar-refractivity contribution in [3.63, 3.8) is 0 Å². The van der Waals surface area contributed by atoms with Gasteiger partial charge >= 0.3 is 17.9 Å². The van der Waals surface area contributed by atoms with Crippen molar-refractivity contribution in [3.05, 3.63) is 48.6 Å². The molecule has 0 spiro atoms. The van der Waals surface area contributed by atoms with Crippen LogP contribution in [-0.4, -0.2) is 37.2 Å². The molecule has 396 valence electrons. The monoisotopic (exact) mass is 953 g/mol. The first-order chi connectivity index (χ1) is 33.5. The van der Waals surface area contributed by atoms with E-state index in [1.54, 1.807) is 0 Å². The van der Waals surface area contributed by atoms with Crippen LogP contribution in [0.5, 0.6) is 0 Å². The molecule has 0 aliphatic rings. The van der Waals surface area contributed by atoms with Gasteiger partial charge in [-0.3, -0.25) is 14.4 Å². The van der Waals surface area contributed by atoms with E-state index in [9.17, 15) is 14.4 Å². The van der Waals surface area contributed by atoms with Gasteiger partial charge in [-0.15, -0.1) is 0 Å². The van der Waals surface area contributed by atoms with Crippen LogP contribution in [0.4, 0.5) is 0 Å². The van der Waals surface area contributed by atoms with Crippen molar-refractivity contribution in [2.45, 2.75) is 316 Å². The van der Waals surface area contributed by atoms with E-state index in [2.05, 4.69) is 69.4 Å². The number of carbonyl (C=O) groups is 3. The largest absolute Gasteiger partial charge is 0.462 e. The Morgan fingerprint density at radius 3 is 0.897 bits per heavy atom. The first-order valence-electron chi connectivity index (χ1n) is 29.6. The molecule has 0 radical (unpaired) electrons. The zero-order chi connectivity index (χ0) is 49.3. The van der Waals surface area contributed by atoms with Crippen molar-refractivity contribution < 1.29 is 28.6 Å². The molecule has 1 unspecified atom stereocenters. The molecule has 6 nitrogen and oxygen atoms in total. The minimum absolute atomic E-state index is 0.0790. The summed E-state index contributed by atoms with van der Waals surface area (Å²) in [5, 5.41) is 0. The predicted octanol–water partition coefficient (Wildman–Crippen LogP) is 19.8. The Kier molecular flexibility index (Phi) is 54.8. The van der Waals surface area contributed by atoms with Gasteiger partial charge in [0.1, 0.15) is 13.2 Å². The molecule has 0 bridgehead atoms. The molecule has 0 aromatic carbocycles. The summed E-state index contributed by atoms with van der Waals surface area (Å²) in [5.41, 5.74) is 0. The van der Waals surface area contributed by atoms with Gasteiger partial charge in [0.05, 0.1) is 0 Å². The maximum absolute atomic E-state index is 12.8. The first kappa shape index (κ1) is 65.4. The number of hydrogen-bond donors (Lipinski definition) is 0. The van der Waals surface area contributed by atoms with E-state index in [4.69, 9.17) is 14.2 Å². The van der Waals surface area contributed by atoms with Gasteiger partial charge in [-0.1, -0.05) is 281 Å². The second kappa shape index (κ2) is 57.0. The van der Waals surface area contributed by atoms with Gasteiger partial charge in [0.25, 0.3) is 0 Å². The van der Waals surface area contributed by atoms with Crippen LogP contribution in [0.3, 0.4) is 0 Å². The molecule has 0 saturated carbocycles. The average molecular weight is 954 g/mol. The van der Waals surface area contributed by atoms with Crippen LogP contribution in [0.2, 0.25) is 0 Å². The van der Waals surface area contributed by atoms with Crippen molar-refractivity contribution in [3.8, 4) is 0 Å². The lowest BCUT2D eigenvalue weighted by Crippen LogP contribution is -2.30. The summed E-state index contributed by atoms with van der Waals surface area (Å²) < 4.78 is 16.8. The van der Waals surface area contributed by atoms with Crippen molar-refractivity contribution >= 4 is 17.9 Å². The molecule has 0 amide bonds. The first-order valence-corrected chi connectivity index (χ1v) is 29.6. The number of rotatable bonds is 54. The van der Waals surface area contributed by atoms with E-state index in [0.717, 1.165) is 96.3 Å². The molecule has 0 heterocycles. The van der Waals surface area contributed by atoms with E-state index >= 15 is 0 Å². The normalized spacial score (nSPS) is 12.3. The molecule has 0 saturated heterocycles. The Labute approximate surface area is 422 Å². The van der Waals surface area contributed by atoms with E-state index in [1.165, 1.54) is 173 Å². The number of esters is 3. The Bertz CT molecular complexity index is 1190. The third-order valence-corrected chi connectivity index (χ3v) is 13.1. The summed E-state index contributed by atoms with van der Waals surface area (Å²) in [6.07, 6.45) is 69.8. The minimum Gasteiger partial charge on any atom is -0.462 e. The molecule has 0 aromatic heterocycles. The van der Waals surface area contributed by atoms with Crippen molar-refractivity contribution in [1.29, 1.82) is 0 Å². The lowest BCUT2D eigenvalue weighted by molar-refractivity contribution is -0.167. The van der Waals surface area contributed by atoms with E-state index < -0.39 is 6.10 Å². The Morgan fingerprint density at radius 1 is 0.309 bits per heavy atom. The molecular weight excluding hydrogens is 841 g/mol. The van der Waals surface area contributed by atoms with Crippen LogP contribution in [0.1, 0.15) is 310 Å². The molecule has 1 atom stereocenters. The third kappa shape index (κ3) is 54.3. The molecule has 0 aliphatic carbocycles. The number of unbranched alkanes of at least 4 members (excludes halogenated alkanes) is 35. The van der Waals surface area contributed by atoms with Gasteiger partial charge in [0.2, 0.25) is 0 Å². The van der Waals surface area contributed by atoms with Crippen LogP contribution >= 0.6 is 0 Å². The zero-order valence-corrected chi connectivity index (χ0v) is 45.4. The lowest BCUT2D eigenvalue weighted by Gasteiger charge is -2.18. The fourth-order valence-electron chi connectivity index (χ4n) is 8.67. The van der Waals surface area contributed by atoms with E-state index in [1.807, 2.05) is 0 Å². The molecule has 6 heteroatoms. The second-order valence-corrected chi connectivity index (χ2v) is 19.9. The van der Waals surface area contributed by atoms with Crippen LogP contribution in [0, 0.1) is 0 Å². The maximum Gasteiger partial charge on any atom is 0.306 e. The fourth-order valence-corrected chi connectivity index (χ4v) is 8.67. The lowest BCUT2D eigenvalue weighted by atomic mass is 10.0. The topological polar surface area (TPSA) is 78.9 Å². The van der Waals surface area contributed by atoms with Gasteiger partial charge in [-0.25, -0.2) is 0 Å². The smallest absolute Gasteiger partial charge is 0.306 e. The zero-order valence-electron chi connectivity index (χ0n) is 45.4. The van der Waals surface area contributed by atoms with Gasteiger partial charge < -0.3 is 14.2 Å². The molecule has 0 rings (SSSR count). The summed E-state index contributed by atoms with van der Waals surface area (Å²) in [6, 6.07) is 0. The van der Waals surface area contributed by atoms with Crippen molar-refractivity contribution in [2.75, 3.05) is 13.2 Å². The Morgan fingerprint density at radius 2 is 0.574 bits per heavy atom. The molecular formula is C62H112O6.